The second-order valence-electron chi connectivity index (χ2n) is 7.47. The van der Waals surface area contributed by atoms with E-state index in [0.29, 0.717) is 14.8 Å². The van der Waals surface area contributed by atoms with Crippen molar-refractivity contribution in [3.05, 3.63) is 51.6 Å². The quantitative estimate of drug-likeness (QED) is 0.683. The molecule has 3 atom stereocenters. The van der Waals surface area contributed by atoms with E-state index in [9.17, 15) is 9.59 Å². The molecule has 6 nitrogen and oxygen atoms in total. The van der Waals surface area contributed by atoms with Gasteiger partial charge in [0.05, 0.1) is 26.5 Å². The molecule has 3 aromatic heterocycles. The smallest absolute Gasteiger partial charge is 0.261 e. The first-order valence-electron chi connectivity index (χ1n) is 9.40. The van der Waals surface area contributed by atoms with Crippen LogP contribution in [0.3, 0.4) is 0 Å². The van der Waals surface area contributed by atoms with Crippen LogP contribution in [0.15, 0.2) is 36.8 Å². The Hall–Kier alpha value is -2.38. The summed E-state index contributed by atoms with van der Waals surface area (Å²) in [6, 6.07) is 5.78. The van der Waals surface area contributed by atoms with Crippen LogP contribution >= 0.6 is 22.9 Å². The molecule has 2 fully saturated rings. The van der Waals surface area contributed by atoms with Crippen molar-refractivity contribution in [2.75, 3.05) is 0 Å². The van der Waals surface area contributed by atoms with Crippen LogP contribution < -0.4 is 5.32 Å². The summed E-state index contributed by atoms with van der Waals surface area (Å²) in [5.41, 5.74) is 1.57. The van der Waals surface area contributed by atoms with Crippen LogP contribution in [-0.4, -0.2) is 44.8 Å². The summed E-state index contributed by atoms with van der Waals surface area (Å²) in [6.07, 6.45) is 8.77. The van der Waals surface area contributed by atoms with Gasteiger partial charge in [-0.25, -0.2) is 0 Å². The molecule has 2 amide bonds. The van der Waals surface area contributed by atoms with Crippen molar-refractivity contribution in [2.45, 2.75) is 43.8 Å². The number of thiophene rings is 1. The number of rotatable bonds is 3. The normalized spacial score (nSPS) is 23.9. The van der Waals surface area contributed by atoms with Gasteiger partial charge < -0.3 is 15.2 Å². The summed E-state index contributed by atoms with van der Waals surface area (Å²) < 4.78 is 0.611. The maximum Gasteiger partial charge on any atom is 0.261 e. The van der Waals surface area contributed by atoms with Crippen LogP contribution in [0.4, 0.5) is 0 Å². The van der Waals surface area contributed by atoms with Crippen LogP contribution in [0.5, 0.6) is 0 Å². The second kappa shape index (κ2) is 6.90. The molecular formula is C20H19ClN4O2S. The Bertz CT molecular complexity index is 1050. The minimum absolute atomic E-state index is 0.0692. The van der Waals surface area contributed by atoms with Crippen molar-refractivity contribution in [3.8, 4) is 0 Å². The van der Waals surface area contributed by atoms with Crippen molar-refractivity contribution < 1.29 is 9.59 Å². The number of piperidine rings is 1. The molecule has 2 saturated heterocycles. The van der Waals surface area contributed by atoms with Gasteiger partial charge in [0.25, 0.3) is 11.8 Å². The largest absolute Gasteiger partial charge is 0.359 e. The average molecular weight is 415 g/mol. The number of amides is 2. The van der Waals surface area contributed by atoms with E-state index in [1.807, 2.05) is 11.0 Å². The molecule has 28 heavy (non-hydrogen) atoms. The first-order valence-corrected chi connectivity index (χ1v) is 10.6. The minimum Gasteiger partial charge on any atom is -0.359 e. The predicted octanol–water partition coefficient (Wildman–Crippen LogP) is 3.84. The monoisotopic (exact) mass is 414 g/mol. The van der Waals surface area contributed by atoms with E-state index in [1.165, 1.54) is 11.3 Å². The molecule has 2 bridgehead atoms. The molecule has 0 aliphatic carbocycles. The maximum atomic E-state index is 13.3. The third-order valence-electron chi connectivity index (χ3n) is 5.81. The summed E-state index contributed by atoms with van der Waals surface area (Å²) in [5, 5.41) is 4.04. The van der Waals surface area contributed by atoms with Gasteiger partial charge in [-0.2, -0.15) is 0 Å². The van der Waals surface area contributed by atoms with Gasteiger partial charge in [-0.1, -0.05) is 11.6 Å². The zero-order valence-electron chi connectivity index (χ0n) is 15.0. The number of hydrogen-bond donors (Lipinski definition) is 2. The summed E-state index contributed by atoms with van der Waals surface area (Å²) in [4.78, 5) is 35.6. The summed E-state index contributed by atoms with van der Waals surface area (Å²) in [5.74, 6) is -0.00929. The van der Waals surface area contributed by atoms with Crippen LogP contribution in [-0.2, 0) is 0 Å². The summed E-state index contributed by atoms with van der Waals surface area (Å²) in [7, 11) is 0. The molecule has 144 valence electrons. The molecule has 0 saturated carbocycles. The van der Waals surface area contributed by atoms with E-state index >= 15 is 0 Å². The molecule has 1 unspecified atom stereocenters. The van der Waals surface area contributed by atoms with Gasteiger partial charge in [0, 0.05) is 35.9 Å². The molecule has 8 heteroatoms. The lowest BCUT2D eigenvalue weighted by molar-refractivity contribution is 0.0552. The number of aromatic nitrogens is 2. The van der Waals surface area contributed by atoms with Crippen molar-refractivity contribution in [3.63, 3.8) is 0 Å². The first-order chi connectivity index (χ1) is 13.6. The number of halogens is 1. The Balaban J connectivity index is 1.32. The van der Waals surface area contributed by atoms with Gasteiger partial charge in [-0.3, -0.25) is 14.6 Å². The fourth-order valence-corrected chi connectivity index (χ4v) is 5.55. The number of nitrogens with zero attached hydrogens (tertiary/aromatic N) is 2. The third kappa shape index (κ3) is 2.99. The van der Waals surface area contributed by atoms with Gasteiger partial charge in [0.1, 0.15) is 0 Å². The molecule has 0 aromatic carbocycles. The zero-order chi connectivity index (χ0) is 19.3. The van der Waals surface area contributed by atoms with E-state index in [1.54, 1.807) is 30.7 Å². The Morgan fingerprint density at radius 3 is 2.71 bits per heavy atom. The van der Waals surface area contributed by atoms with Crippen LogP contribution in [0, 0.1) is 0 Å². The number of carbonyl (C=O) groups excluding carboxylic acids is 2. The van der Waals surface area contributed by atoms with Crippen LogP contribution in [0.25, 0.3) is 10.9 Å². The van der Waals surface area contributed by atoms with Gasteiger partial charge in [0.2, 0.25) is 0 Å². The predicted molar refractivity (Wildman–Crippen MR) is 109 cm³/mol. The third-order valence-corrected chi connectivity index (χ3v) is 7.04. The molecule has 5 heterocycles. The van der Waals surface area contributed by atoms with Crippen molar-refractivity contribution in [1.82, 2.24) is 20.2 Å². The highest BCUT2D eigenvalue weighted by atomic mass is 35.5. The van der Waals surface area contributed by atoms with Crippen LogP contribution in [0.2, 0.25) is 4.34 Å². The first kappa shape index (κ1) is 17.7. The number of pyridine rings is 1. The second-order valence-corrected chi connectivity index (χ2v) is 9.18. The van der Waals surface area contributed by atoms with Crippen LogP contribution in [0.1, 0.15) is 45.7 Å². The molecule has 2 N–H and O–H groups in total. The minimum atomic E-state index is -0.0785. The highest BCUT2D eigenvalue weighted by Gasteiger charge is 2.44. The van der Waals surface area contributed by atoms with Gasteiger partial charge in [0.15, 0.2) is 0 Å². The highest BCUT2D eigenvalue weighted by molar-refractivity contribution is 7.18. The Kier molecular flexibility index (Phi) is 4.36. The molecule has 3 aromatic rings. The molecule has 2 aliphatic rings. The van der Waals surface area contributed by atoms with E-state index in [2.05, 4.69) is 15.3 Å². The summed E-state index contributed by atoms with van der Waals surface area (Å²) in [6.45, 7) is 0. The molecule has 2 aliphatic heterocycles. The number of carbonyl (C=O) groups is 2. The topological polar surface area (TPSA) is 78.1 Å². The average Bonchev–Trinajstić information content (AvgIpc) is 3.38. The molecule has 0 spiro atoms. The Morgan fingerprint density at radius 1 is 1.21 bits per heavy atom. The molecular weight excluding hydrogens is 396 g/mol. The van der Waals surface area contributed by atoms with E-state index < -0.39 is 0 Å². The number of aromatic amines is 1. The SMILES string of the molecule is O=C(NC1C[C@H]2CC[C@@H](C1)N2C(=O)c1c[nH]c2cnccc12)c1ccc(Cl)s1. The van der Waals surface area contributed by atoms with Crippen molar-refractivity contribution in [1.29, 1.82) is 0 Å². The number of hydrogen-bond acceptors (Lipinski definition) is 4. The van der Waals surface area contributed by atoms with E-state index in [4.69, 9.17) is 11.6 Å². The fraction of sp³-hybridized carbons (Fsp3) is 0.350. The Morgan fingerprint density at radius 2 is 2.00 bits per heavy atom. The van der Waals surface area contributed by atoms with E-state index in [-0.39, 0.29) is 29.9 Å². The zero-order valence-corrected chi connectivity index (χ0v) is 16.6. The van der Waals surface area contributed by atoms with Gasteiger partial charge in [-0.15, -0.1) is 11.3 Å². The number of fused-ring (bicyclic) bond motifs is 3. The Labute approximate surface area is 170 Å². The van der Waals surface area contributed by atoms with Gasteiger partial charge in [-0.05, 0) is 43.9 Å². The lowest BCUT2D eigenvalue weighted by Gasteiger charge is -2.39. The highest BCUT2D eigenvalue weighted by Crippen LogP contribution is 2.37. The number of nitrogens with one attached hydrogen (secondary N) is 2. The molecule has 5 rings (SSSR count). The van der Waals surface area contributed by atoms with E-state index in [0.717, 1.165) is 36.6 Å². The number of H-pyrrole nitrogens is 1. The maximum absolute atomic E-state index is 13.3. The van der Waals surface area contributed by atoms with Crippen molar-refractivity contribution in [2.24, 2.45) is 0 Å². The van der Waals surface area contributed by atoms with Gasteiger partial charge >= 0.3 is 0 Å². The lowest BCUT2D eigenvalue weighted by atomic mass is 9.96. The fourth-order valence-electron chi connectivity index (χ4n) is 4.61. The summed E-state index contributed by atoms with van der Waals surface area (Å²) >= 11 is 7.22. The lowest BCUT2D eigenvalue weighted by Crippen LogP contribution is -2.52. The van der Waals surface area contributed by atoms with Crippen molar-refractivity contribution >= 4 is 45.7 Å². The standard InChI is InChI=1S/C20H19ClN4O2S/c21-18-4-3-17(28-18)19(26)24-11-7-12-1-2-13(8-11)25(12)20(27)15-9-23-16-10-22-6-5-14(15)16/h3-6,9-13,23H,1-2,7-8H2,(H,24,26)/t11?,12-,13+. The molecule has 0 radical (unpaired) electrons.